The average molecular weight is 440 g/mol. The van der Waals surface area contributed by atoms with Crippen molar-refractivity contribution < 1.29 is 58.9 Å². The van der Waals surface area contributed by atoms with Gasteiger partial charge in [-0.15, -0.1) is 0 Å². The van der Waals surface area contributed by atoms with E-state index in [1.165, 1.54) is 0 Å². The third-order valence-electron chi connectivity index (χ3n) is 3.46. The molecule has 0 heterocycles. The Morgan fingerprint density at radius 3 is 1.10 bits per heavy atom. The Balaban J connectivity index is 2.86. The van der Waals surface area contributed by atoms with Gasteiger partial charge in [0.25, 0.3) is 0 Å². The van der Waals surface area contributed by atoms with E-state index < -0.39 is 81.1 Å². The lowest BCUT2D eigenvalue weighted by molar-refractivity contribution is -0.142. The summed E-state index contributed by atoms with van der Waals surface area (Å²) in [5, 5.41) is 18.4. The summed E-state index contributed by atoms with van der Waals surface area (Å²) >= 11 is 0. The van der Waals surface area contributed by atoms with Crippen LogP contribution in [0.4, 0.5) is 55.3 Å². The first-order valence-electron chi connectivity index (χ1n) is 6.82. The smallest absolute Gasteiger partial charge is 0.423 e. The molecule has 0 spiro atoms. The third kappa shape index (κ3) is 3.47. The van der Waals surface area contributed by atoms with Crippen molar-refractivity contribution in [1.82, 2.24) is 0 Å². The maximum Gasteiger partial charge on any atom is 0.423 e. The predicted octanol–water partition coefficient (Wildman–Crippen LogP) is 4.65. The SMILES string of the molecule is Nc1c(O)c(C(F)(F)F)c(F)c(Oc2c(F)c(N)c(O)c(C(F)(F)F)c2F)c1F. The summed E-state index contributed by atoms with van der Waals surface area (Å²) in [6, 6.07) is 0. The molecular weight excluding hydrogens is 434 g/mol. The highest BCUT2D eigenvalue weighted by Gasteiger charge is 2.44. The summed E-state index contributed by atoms with van der Waals surface area (Å²) in [7, 11) is 0. The minimum Gasteiger partial charge on any atom is -0.505 e. The highest BCUT2D eigenvalue weighted by Crippen LogP contribution is 2.50. The van der Waals surface area contributed by atoms with Crippen molar-refractivity contribution in [1.29, 1.82) is 0 Å². The summed E-state index contributed by atoms with van der Waals surface area (Å²) in [6.07, 6.45) is -11.5. The van der Waals surface area contributed by atoms with Crippen LogP contribution in [0.1, 0.15) is 11.1 Å². The number of ether oxygens (including phenoxy) is 1. The Labute approximate surface area is 152 Å². The minimum absolute atomic E-state index is 1.78. The summed E-state index contributed by atoms with van der Waals surface area (Å²) < 4.78 is 137. The molecule has 0 aliphatic heterocycles. The third-order valence-corrected chi connectivity index (χ3v) is 3.46. The number of alkyl halides is 6. The molecule has 160 valence electrons. The largest absolute Gasteiger partial charge is 0.505 e. The van der Waals surface area contributed by atoms with Gasteiger partial charge in [-0.1, -0.05) is 0 Å². The van der Waals surface area contributed by atoms with Crippen LogP contribution in [-0.4, -0.2) is 10.2 Å². The standard InChI is InChI=1S/C14H6F10N2O3/c15-3-1(13(19,20)21)9(27)7(25)5(17)11(3)29-12-4(16)2(14(22,23)24)10(28)8(26)6(12)18/h27-28H,25-26H2. The molecule has 0 atom stereocenters. The number of hydrogen-bond donors (Lipinski definition) is 4. The number of nitrogen functional groups attached to an aromatic ring is 2. The highest BCUT2D eigenvalue weighted by atomic mass is 19.4. The van der Waals surface area contributed by atoms with Gasteiger partial charge in [-0.3, -0.25) is 0 Å². The van der Waals surface area contributed by atoms with E-state index in [0.29, 0.717) is 0 Å². The Morgan fingerprint density at radius 2 is 0.862 bits per heavy atom. The lowest BCUT2D eigenvalue weighted by atomic mass is 10.1. The number of anilines is 2. The van der Waals surface area contributed by atoms with Crippen LogP contribution in [0.3, 0.4) is 0 Å². The van der Waals surface area contributed by atoms with Crippen LogP contribution in [0.15, 0.2) is 0 Å². The topological polar surface area (TPSA) is 102 Å². The average Bonchev–Trinajstić information content (AvgIpc) is 2.55. The zero-order valence-electron chi connectivity index (χ0n) is 13.2. The van der Waals surface area contributed by atoms with Gasteiger partial charge in [0.15, 0.2) is 34.8 Å². The Hall–Kier alpha value is -3.26. The van der Waals surface area contributed by atoms with E-state index in [-0.39, 0.29) is 0 Å². The Morgan fingerprint density at radius 1 is 0.586 bits per heavy atom. The molecule has 0 saturated carbocycles. The molecule has 0 aliphatic rings. The van der Waals surface area contributed by atoms with Crippen LogP contribution in [0.2, 0.25) is 0 Å². The molecule has 0 unspecified atom stereocenters. The van der Waals surface area contributed by atoms with Crippen LogP contribution in [0.25, 0.3) is 0 Å². The maximum absolute atomic E-state index is 14.1. The second-order valence-corrected chi connectivity index (χ2v) is 5.29. The molecule has 0 radical (unpaired) electrons. The molecule has 2 rings (SSSR count). The quantitative estimate of drug-likeness (QED) is 0.310. The van der Waals surface area contributed by atoms with E-state index in [4.69, 9.17) is 11.5 Å². The molecule has 15 heteroatoms. The zero-order chi connectivity index (χ0) is 22.6. The van der Waals surface area contributed by atoms with Gasteiger partial charge in [-0.05, 0) is 0 Å². The van der Waals surface area contributed by atoms with Gasteiger partial charge in [-0.2, -0.15) is 26.3 Å². The van der Waals surface area contributed by atoms with Crippen LogP contribution in [-0.2, 0) is 12.4 Å². The predicted molar refractivity (Wildman–Crippen MR) is 74.9 cm³/mol. The number of phenolic OH excluding ortho intramolecular Hbond substituents is 2. The maximum atomic E-state index is 14.1. The molecule has 0 aromatic heterocycles. The second-order valence-electron chi connectivity index (χ2n) is 5.29. The van der Waals surface area contributed by atoms with Crippen molar-refractivity contribution in [2.24, 2.45) is 0 Å². The molecule has 2 aromatic rings. The number of benzene rings is 2. The molecule has 0 saturated heterocycles. The van der Waals surface area contributed by atoms with Crippen LogP contribution in [0, 0.1) is 23.3 Å². The first-order valence-corrected chi connectivity index (χ1v) is 6.82. The van der Waals surface area contributed by atoms with Crippen molar-refractivity contribution in [3.05, 3.63) is 34.4 Å². The lowest BCUT2D eigenvalue weighted by Crippen LogP contribution is -2.15. The van der Waals surface area contributed by atoms with E-state index in [0.717, 1.165) is 0 Å². The van der Waals surface area contributed by atoms with Crippen molar-refractivity contribution in [3.8, 4) is 23.0 Å². The summed E-state index contributed by atoms with van der Waals surface area (Å²) in [4.78, 5) is 0. The monoisotopic (exact) mass is 440 g/mol. The fourth-order valence-electron chi connectivity index (χ4n) is 2.15. The molecular formula is C14H6F10N2O3. The van der Waals surface area contributed by atoms with Crippen LogP contribution in [0.5, 0.6) is 23.0 Å². The van der Waals surface area contributed by atoms with Gasteiger partial charge < -0.3 is 26.4 Å². The molecule has 2 aromatic carbocycles. The van der Waals surface area contributed by atoms with Gasteiger partial charge in [-0.25, -0.2) is 17.6 Å². The van der Waals surface area contributed by atoms with Crippen LogP contribution >= 0.6 is 0 Å². The van der Waals surface area contributed by atoms with Gasteiger partial charge in [0.05, 0.1) is 0 Å². The van der Waals surface area contributed by atoms with E-state index in [9.17, 15) is 54.1 Å². The molecule has 0 bridgehead atoms. The van der Waals surface area contributed by atoms with Crippen molar-refractivity contribution in [2.45, 2.75) is 12.4 Å². The number of phenols is 2. The Kier molecular flexibility index (Phi) is 5.06. The Bertz CT molecular complexity index is 922. The molecule has 29 heavy (non-hydrogen) atoms. The fraction of sp³-hybridized carbons (Fsp3) is 0.143. The first kappa shape index (κ1) is 22.0. The second kappa shape index (κ2) is 6.66. The fourth-order valence-corrected chi connectivity index (χ4v) is 2.15. The number of aromatic hydroxyl groups is 2. The highest BCUT2D eigenvalue weighted by molar-refractivity contribution is 5.66. The molecule has 0 fully saturated rings. The van der Waals surface area contributed by atoms with Crippen molar-refractivity contribution in [3.63, 3.8) is 0 Å². The van der Waals surface area contributed by atoms with Gasteiger partial charge >= 0.3 is 12.4 Å². The van der Waals surface area contributed by atoms with Gasteiger partial charge in [0.2, 0.25) is 11.5 Å². The number of hydrogen-bond acceptors (Lipinski definition) is 5. The zero-order valence-corrected chi connectivity index (χ0v) is 13.2. The molecule has 6 N–H and O–H groups in total. The summed E-state index contributed by atoms with van der Waals surface area (Å²) in [6.45, 7) is 0. The van der Waals surface area contributed by atoms with E-state index in [1.54, 1.807) is 0 Å². The van der Waals surface area contributed by atoms with Gasteiger partial charge in [0, 0.05) is 0 Å². The number of nitrogens with two attached hydrogens (primary N) is 2. The van der Waals surface area contributed by atoms with Crippen molar-refractivity contribution in [2.75, 3.05) is 11.5 Å². The first-order chi connectivity index (χ1) is 13.0. The van der Waals surface area contributed by atoms with E-state index in [2.05, 4.69) is 4.74 Å². The van der Waals surface area contributed by atoms with Crippen LogP contribution < -0.4 is 16.2 Å². The van der Waals surface area contributed by atoms with Crippen molar-refractivity contribution >= 4 is 11.4 Å². The summed E-state index contributed by atoms with van der Waals surface area (Å²) in [5.74, 6) is -19.0. The van der Waals surface area contributed by atoms with E-state index >= 15 is 0 Å². The number of rotatable bonds is 2. The minimum atomic E-state index is -5.73. The van der Waals surface area contributed by atoms with Gasteiger partial charge in [0.1, 0.15) is 22.5 Å². The van der Waals surface area contributed by atoms with E-state index in [1.807, 2.05) is 0 Å². The number of halogens is 10. The molecule has 0 amide bonds. The molecule has 0 aliphatic carbocycles. The molecule has 5 nitrogen and oxygen atoms in total. The lowest BCUT2D eigenvalue weighted by Gasteiger charge is -2.19. The normalized spacial score (nSPS) is 12.3. The summed E-state index contributed by atoms with van der Waals surface area (Å²) in [5.41, 5.74) is 0.864.